The van der Waals surface area contributed by atoms with E-state index in [1.54, 1.807) is 0 Å². The van der Waals surface area contributed by atoms with Crippen LogP contribution in [-0.4, -0.2) is 49.1 Å². The first kappa shape index (κ1) is 23.2. The zero-order chi connectivity index (χ0) is 18.1. The minimum Gasteiger partial charge on any atom is -0.357 e. The fraction of sp³-hybridized carbons (Fsp3) is 0.667. The van der Waals surface area contributed by atoms with E-state index in [0.29, 0.717) is 12.1 Å². The molecule has 0 atom stereocenters. The van der Waals surface area contributed by atoms with Gasteiger partial charge in [0, 0.05) is 38.3 Å². The molecule has 1 aliphatic heterocycles. The van der Waals surface area contributed by atoms with Crippen LogP contribution in [0.25, 0.3) is 0 Å². The molecule has 2 rings (SSSR count). The third-order valence-electron chi connectivity index (χ3n) is 5.05. The van der Waals surface area contributed by atoms with E-state index in [0.717, 1.165) is 31.9 Å². The van der Waals surface area contributed by atoms with Crippen LogP contribution in [-0.2, 0) is 12.8 Å². The molecule has 1 heterocycles. The third kappa shape index (κ3) is 7.82. The summed E-state index contributed by atoms with van der Waals surface area (Å²) in [6.07, 6.45) is 4.48. The number of aliphatic imine (C=N–C) groups is 1. The van der Waals surface area contributed by atoms with E-state index in [1.165, 1.54) is 37.1 Å². The minimum absolute atomic E-state index is 0. The average molecular weight is 472 g/mol. The summed E-state index contributed by atoms with van der Waals surface area (Å²) < 4.78 is 0. The van der Waals surface area contributed by atoms with E-state index in [4.69, 9.17) is 4.99 Å². The maximum atomic E-state index is 4.78. The molecule has 26 heavy (non-hydrogen) atoms. The second-order valence-corrected chi connectivity index (χ2v) is 7.23. The molecular formula is C21H37IN4. The summed E-state index contributed by atoms with van der Waals surface area (Å²) in [4.78, 5) is 7.34. The van der Waals surface area contributed by atoms with Gasteiger partial charge in [0.05, 0.1) is 0 Å². The summed E-state index contributed by atoms with van der Waals surface area (Å²) in [5.41, 5.74) is 2.76. The Morgan fingerprint density at radius 1 is 1.12 bits per heavy atom. The SMILES string of the molecule is CCNC(=NCCc1ccc(CC)cc1)NC1CCN(C(C)C)CC1.I. The Labute approximate surface area is 177 Å². The largest absolute Gasteiger partial charge is 0.357 e. The summed E-state index contributed by atoms with van der Waals surface area (Å²) in [5.74, 6) is 0.968. The van der Waals surface area contributed by atoms with Gasteiger partial charge in [-0.25, -0.2) is 0 Å². The second kappa shape index (κ2) is 12.5. The Morgan fingerprint density at radius 3 is 2.27 bits per heavy atom. The van der Waals surface area contributed by atoms with E-state index in [-0.39, 0.29) is 24.0 Å². The first-order valence-electron chi connectivity index (χ1n) is 9.99. The number of nitrogens with one attached hydrogen (secondary N) is 2. The number of piperidine rings is 1. The van der Waals surface area contributed by atoms with Crippen molar-refractivity contribution in [2.24, 2.45) is 4.99 Å². The Hall–Kier alpha value is -0.820. The Balaban J connectivity index is 0.00000338. The quantitative estimate of drug-likeness (QED) is 0.360. The zero-order valence-corrected chi connectivity index (χ0v) is 19.3. The molecule has 0 bridgehead atoms. The van der Waals surface area contributed by atoms with E-state index in [9.17, 15) is 0 Å². The number of hydrogen-bond acceptors (Lipinski definition) is 2. The van der Waals surface area contributed by atoms with Crippen LogP contribution < -0.4 is 10.6 Å². The number of nitrogens with zero attached hydrogens (tertiary/aromatic N) is 2. The van der Waals surface area contributed by atoms with E-state index in [1.807, 2.05) is 0 Å². The van der Waals surface area contributed by atoms with E-state index >= 15 is 0 Å². The predicted octanol–water partition coefficient (Wildman–Crippen LogP) is 3.84. The van der Waals surface area contributed by atoms with E-state index < -0.39 is 0 Å². The molecule has 0 unspecified atom stereocenters. The van der Waals surface area contributed by atoms with Crippen LogP contribution in [0.15, 0.2) is 29.3 Å². The monoisotopic (exact) mass is 472 g/mol. The molecule has 5 heteroatoms. The molecule has 0 aliphatic carbocycles. The van der Waals surface area contributed by atoms with Crippen LogP contribution in [0.2, 0.25) is 0 Å². The van der Waals surface area contributed by atoms with Gasteiger partial charge < -0.3 is 15.5 Å². The number of guanidine groups is 1. The Morgan fingerprint density at radius 2 is 1.73 bits per heavy atom. The van der Waals surface area contributed by atoms with Crippen LogP contribution in [0.3, 0.4) is 0 Å². The standard InChI is InChI=1S/C21H36N4.HI/c1-5-18-7-9-19(10-8-18)11-14-23-21(22-6-2)24-20-12-15-25(16-13-20)17(3)4;/h7-10,17,20H,5-6,11-16H2,1-4H3,(H2,22,23,24);1H. The van der Waals surface area contributed by atoms with Gasteiger partial charge in [0.15, 0.2) is 5.96 Å². The zero-order valence-electron chi connectivity index (χ0n) is 16.9. The van der Waals surface area contributed by atoms with Crippen molar-refractivity contribution in [3.8, 4) is 0 Å². The van der Waals surface area contributed by atoms with Gasteiger partial charge in [0.2, 0.25) is 0 Å². The van der Waals surface area contributed by atoms with Gasteiger partial charge in [-0.1, -0.05) is 31.2 Å². The van der Waals surface area contributed by atoms with Crippen molar-refractivity contribution in [3.63, 3.8) is 0 Å². The van der Waals surface area contributed by atoms with Crippen molar-refractivity contribution in [3.05, 3.63) is 35.4 Å². The van der Waals surface area contributed by atoms with Crippen molar-refractivity contribution in [2.75, 3.05) is 26.2 Å². The van der Waals surface area contributed by atoms with Crippen molar-refractivity contribution in [2.45, 2.75) is 65.5 Å². The molecule has 4 nitrogen and oxygen atoms in total. The summed E-state index contributed by atoms with van der Waals surface area (Å²) >= 11 is 0. The van der Waals surface area contributed by atoms with Gasteiger partial charge in [-0.15, -0.1) is 24.0 Å². The highest BCUT2D eigenvalue weighted by Gasteiger charge is 2.21. The fourth-order valence-electron chi connectivity index (χ4n) is 3.31. The van der Waals surface area contributed by atoms with Gasteiger partial charge in [0.1, 0.15) is 0 Å². The topological polar surface area (TPSA) is 39.7 Å². The Bertz CT molecular complexity index is 519. The highest BCUT2D eigenvalue weighted by Crippen LogP contribution is 2.13. The fourth-order valence-corrected chi connectivity index (χ4v) is 3.31. The number of rotatable bonds is 7. The molecule has 0 spiro atoms. The van der Waals surface area contributed by atoms with Gasteiger partial charge in [-0.3, -0.25) is 4.99 Å². The van der Waals surface area contributed by atoms with Gasteiger partial charge in [-0.2, -0.15) is 0 Å². The number of benzene rings is 1. The molecule has 0 aromatic heterocycles. The highest BCUT2D eigenvalue weighted by atomic mass is 127. The van der Waals surface area contributed by atoms with Crippen molar-refractivity contribution in [1.29, 1.82) is 0 Å². The van der Waals surface area contributed by atoms with Gasteiger partial charge in [-0.05, 0) is 57.6 Å². The van der Waals surface area contributed by atoms with Crippen molar-refractivity contribution < 1.29 is 0 Å². The van der Waals surface area contributed by atoms with Crippen LogP contribution >= 0.6 is 24.0 Å². The smallest absolute Gasteiger partial charge is 0.191 e. The number of likely N-dealkylation sites (tertiary alicyclic amines) is 1. The maximum absolute atomic E-state index is 4.78. The molecule has 1 aromatic carbocycles. The lowest BCUT2D eigenvalue weighted by atomic mass is 10.0. The lowest BCUT2D eigenvalue weighted by Gasteiger charge is -2.35. The molecule has 0 radical (unpaired) electrons. The second-order valence-electron chi connectivity index (χ2n) is 7.23. The van der Waals surface area contributed by atoms with Crippen molar-refractivity contribution >= 4 is 29.9 Å². The molecule has 0 saturated carbocycles. The molecule has 1 fully saturated rings. The lowest BCUT2D eigenvalue weighted by Crippen LogP contribution is -2.49. The third-order valence-corrected chi connectivity index (χ3v) is 5.05. The molecule has 1 aliphatic rings. The first-order chi connectivity index (χ1) is 12.1. The average Bonchev–Trinajstić information content (AvgIpc) is 2.63. The number of hydrogen-bond donors (Lipinski definition) is 2. The molecular weight excluding hydrogens is 435 g/mol. The molecule has 0 amide bonds. The Kier molecular flexibility index (Phi) is 11.2. The molecule has 2 N–H and O–H groups in total. The normalized spacial score (nSPS) is 16.4. The summed E-state index contributed by atoms with van der Waals surface area (Å²) in [7, 11) is 0. The lowest BCUT2D eigenvalue weighted by molar-refractivity contribution is 0.167. The van der Waals surface area contributed by atoms with Crippen LogP contribution in [0, 0.1) is 0 Å². The summed E-state index contributed by atoms with van der Waals surface area (Å²) in [6.45, 7) is 13.0. The number of aryl methyl sites for hydroxylation is 1. The van der Waals surface area contributed by atoms with Gasteiger partial charge in [0.25, 0.3) is 0 Å². The molecule has 148 valence electrons. The molecule has 1 aromatic rings. The molecule has 1 saturated heterocycles. The van der Waals surface area contributed by atoms with Crippen molar-refractivity contribution in [1.82, 2.24) is 15.5 Å². The predicted molar refractivity (Wildman–Crippen MR) is 124 cm³/mol. The minimum atomic E-state index is 0. The van der Waals surface area contributed by atoms with Crippen LogP contribution in [0.1, 0.15) is 51.7 Å². The summed E-state index contributed by atoms with van der Waals surface area (Å²) in [6, 6.07) is 10.1. The maximum Gasteiger partial charge on any atom is 0.191 e. The highest BCUT2D eigenvalue weighted by molar-refractivity contribution is 14.0. The van der Waals surface area contributed by atoms with Crippen LogP contribution in [0.5, 0.6) is 0 Å². The van der Waals surface area contributed by atoms with Crippen LogP contribution in [0.4, 0.5) is 0 Å². The number of halogens is 1. The summed E-state index contributed by atoms with van der Waals surface area (Å²) in [5, 5.41) is 7.03. The first-order valence-corrected chi connectivity index (χ1v) is 9.99. The van der Waals surface area contributed by atoms with E-state index in [2.05, 4.69) is 67.5 Å². The van der Waals surface area contributed by atoms with Gasteiger partial charge >= 0.3 is 0 Å².